The van der Waals surface area contributed by atoms with Crippen LogP contribution in [0.3, 0.4) is 0 Å². The Morgan fingerprint density at radius 2 is 2.21 bits per heavy atom. The number of amides is 1. The molecule has 0 aliphatic carbocycles. The van der Waals surface area contributed by atoms with Gasteiger partial charge in [-0.3, -0.25) is 9.78 Å². The molecule has 5 heteroatoms. The Morgan fingerprint density at radius 1 is 1.42 bits per heavy atom. The number of nitrogens with one attached hydrogen (secondary N) is 1. The minimum absolute atomic E-state index is 0.237. The van der Waals surface area contributed by atoms with E-state index in [1.807, 2.05) is 0 Å². The summed E-state index contributed by atoms with van der Waals surface area (Å²) < 4.78 is 13.3. The molecule has 2 rings (SSSR count). The van der Waals surface area contributed by atoms with E-state index >= 15 is 0 Å². The molecular weight excluding hydrogens is 267 g/mol. The van der Waals surface area contributed by atoms with Gasteiger partial charge in [0.05, 0.1) is 10.6 Å². The molecule has 0 saturated heterocycles. The van der Waals surface area contributed by atoms with Gasteiger partial charge in [0, 0.05) is 18.9 Å². The summed E-state index contributed by atoms with van der Waals surface area (Å²) in [5.74, 6) is -0.620. The second kappa shape index (κ2) is 5.80. The van der Waals surface area contributed by atoms with Gasteiger partial charge in [0.1, 0.15) is 5.82 Å². The van der Waals surface area contributed by atoms with Crippen molar-refractivity contribution < 1.29 is 9.18 Å². The molecule has 0 saturated carbocycles. The minimum atomic E-state index is -0.334. The van der Waals surface area contributed by atoms with Gasteiger partial charge in [-0.2, -0.15) is 0 Å². The van der Waals surface area contributed by atoms with Crippen molar-refractivity contribution in [3.8, 4) is 0 Å². The Balaban J connectivity index is 2.04. The highest BCUT2D eigenvalue weighted by atomic mass is 35.5. The van der Waals surface area contributed by atoms with Gasteiger partial charge in [-0.1, -0.05) is 23.7 Å². The zero-order chi connectivity index (χ0) is 13.8. The molecule has 2 aromatic rings. The number of rotatable bonds is 3. The van der Waals surface area contributed by atoms with Crippen molar-refractivity contribution >= 4 is 17.5 Å². The lowest BCUT2D eigenvalue weighted by Gasteiger charge is -2.07. The van der Waals surface area contributed by atoms with Crippen LogP contribution in [-0.4, -0.2) is 10.9 Å². The van der Waals surface area contributed by atoms with E-state index in [2.05, 4.69) is 10.3 Å². The van der Waals surface area contributed by atoms with Gasteiger partial charge in [0.25, 0.3) is 5.91 Å². The Hall–Kier alpha value is -1.94. The SMILES string of the molecule is Cc1ccc(CNC(=O)c2cnccc2Cl)cc1F. The molecule has 1 N–H and O–H groups in total. The summed E-state index contributed by atoms with van der Waals surface area (Å²) in [4.78, 5) is 15.7. The Morgan fingerprint density at radius 3 is 2.89 bits per heavy atom. The van der Waals surface area contributed by atoms with Crippen molar-refractivity contribution in [3.63, 3.8) is 0 Å². The summed E-state index contributed by atoms with van der Waals surface area (Å²) in [6, 6.07) is 6.39. The first-order chi connectivity index (χ1) is 9.08. The van der Waals surface area contributed by atoms with Crippen LogP contribution in [-0.2, 0) is 6.54 Å². The fourth-order valence-corrected chi connectivity index (χ4v) is 1.76. The molecule has 1 heterocycles. The maximum absolute atomic E-state index is 13.3. The Bertz CT molecular complexity index is 616. The summed E-state index contributed by atoms with van der Waals surface area (Å²) in [6.07, 6.45) is 2.90. The molecular formula is C14H12ClFN2O. The third-order valence-corrected chi connectivity index (χ3v) is 3.03. The maximum atomic E-state index is 13.3. The van der Waals surface area contributed by atoms with E-state index in [-0.39, 0.29) is 18.3 Å². The molecule has 1 aromatic carbocycles. The summed E-state index contributed by atoms with van der Waals surface area (Å²) in [5.41, 5.74) is 1.57. The van der Waals surface area contributed by atoms with Crippen molar-refractivity contribution in [3.05, 3.63) is 64.2 Å². The molecule has 1 amide bonds. The first kappa shape index (κ1) is 13.5. The molecule has 0 bridgehead atoms. The lowest BCUT2D eigenvalue weighted by Crippen LogP contribution is -2.23. The van der Waals surface area contributed by atoms with Crippen molar-refractivity contribution in [2.45, 2.75) is 13.5 Å². The lowest BCUT2D eigenvalue weighted by atomic mass is 10.1. The second-order valence-electron chi connectivity index (χ2n) is 4.12. The zero-order valence-electron chi connectivity index (χ0n) is 10.3. The largest absolute Gasteiger partial charge is 0.348 e. The highest BCUT2D eigenvalue weighted by Gasteiger charge is 2.10. The molecule has 0 atom stereocenters. The predicted molar refractivity (Wildman–Crippen MR) is 71.6 cm³/mol. The molecule has 1 aromatic heterocycles. The number of hydrogen-bond acceptors (Lipinski definition) is 2. The van der Waals surface area contributed by atoms with Crippen molar-refractivity contribution in [2.24, 2.45) is 0 Å². The van der Waals surface area contributed by atoms with Gasteiger partial charge >= 0.3 is 0 Å². The molecule has 0 fully saturated rings. The number of hydrogen-bond donors (Lipinski definition) is 1. The number of nitrogens with zero attached hydrogens (tertiary/aromatic N) is 1. The maximum Gasteiger partial charge on any atom is 0.254 e. The number of halogens is 2. The number of aromatic nitrogens is 1. The first-order valence-corrected chi connectivity index (χ1v) is 6.08. The Kier molecular flexibility index (Phi) is 4.12. The smallest absolute Gasteiger partial charge is 0.254 e. The fraction of sp³-hybridized carbons (Fsp3) is 0.143. The summed E-state index contributed by atoms with van der Waals surface area (Å²) in [7, 11) is 0. The number of benzene rings is 1. The molecule has 0 radical (unpaired) electrons. The predicted octanol–water partition coefficient (Wildman–Crippen LogP) is 3.11. The number of pyridine rings is 1. The highest BCUT2D eigenvalue weighted by Crippen LogP contribution is 2.14. The van der Waals surface area contributed by atoms with Crippen LogP contribution in [0.2, 0.25) is 5.02 Å². The van der Waals surface area contributed by atoms with E-state index < -0.39 is 0 Å². The van der Waals surface area contributed by atoms with Crippen LogP contribution in [0.4, 0.5) is 4.39 Å². The van der Waals surface area contributed by atoms with Crippen molar-refractivity contribution in [1.82, 2.24) is 10.3 Å². The molecule has 19 heavy (non-hydrogen) atoms. The third kappa shape index (κ3) is 3.29. The van der Waals surface area contributed by atoms with Crippen LogP contribution in [0.5, 0.6) is 0 Å². The van der Waals surface area contributed by atoms with Crippen LogP contribution in [0, 0.1) is 12.7 Å². The second-order valence-corrected chi connectivity index (χ2v) is 4.53. The van der Waals surface area contributed by atoms with Crippen LogP contribution < -0.4 is 5.32 Å². The normalized spacial score (nSPS) is 10.3. The van der Waals surface area contributed by atoms with E-state index in [0.29, 0.717) is 21.7 Å². The highest BCUT2D eigenvalue weighted by molar-refractivity contribution is 6.33. The minimum Gasteiger partial charge on any atom is -0.348 e. The summed E-state index contributed by atoms with van der Waals surface area (Å²) >= 11 is 5.89. The average Bonchev–Trinajstić information content (AvgIpc) is 2.40. The molecule has 0 aliphatic heterocycles. The third-order valence-electron chi connectivity index (χ3n) is 2.70. The van der Waals surface area contributed by atoms with Gasteiger partial charge in [0.2, 0.25) is 0 Å². The quantitative estimate of drug-likeness (QED) is 0.937. The van der Waals surface area contributed by atoms with Gasteiger partial charge in [-0.05, 0) is 30.2 Å². The molecule has 3 nitrogen and oxygen atoms in total. The lowest BCUT2D eigenvalue weighted by molar-refractivity contribution is 0.0950. The van der Waals surface area contributed by atoms with Crippen LogP contribution in [0.1, 0.15) is 21.5 Å². The molecule has 0 spiro atoms. The number of carbonyl (C=O) groups is 1. The average molecular weight is 279 g/mol. The van der Waals surface area contributed by atoms with E-state index in [0.717, 1.165) is 0 Å². The molecule has 0 aliphatic rings. The van der Waals surface area contributed by atoms with Crippen LogP contribution in [0.25, 0.3) is 0 Å². The first-order valence-electron chi connectivity index (χ1n) is 5.70. The number of carbonyl (C=O) groups excluding carboxylic acids is 1. The van der Waals surface area contributed by atoms with Crippen LogP contribution >= 0.6 is 11.6 Å². The Labute approximate surface area is 115 Å². The number of aryl methyl sites for hydroxylation is 1. The zero-order valence-corrected chi connectivity index (χ0v) is 11.0. The van der Waals surface area contributed by atoms with E-state index in [1.54, 1.807) is 25.1 Å². The summed E-state index contributed by atoms with van der Waals surface area (Å²) in [6.45, 7) is 1.92. The molecule has 0 unspecified atom stereocenters. The van der Waals surface area contributed by atoms with Gasteiger partial charge < -0.3 is 5.32 Å². The topological polar surface area (TPSA) is 42.0 Å². The molecule has 98 valence electrons. The van der Waals surface area contributed by atoms with E-state index in [4.69, 9.17) is 11.6 Å². The van der Waals surface area contributed by atoms with Crippen molar-refractivity contribution in [1.29, 1.82) is 0 Å². The summed E-state index contributed by atoms with van der Waals surface area (Å²) in [5, 5.41) is 3.01. The fourth-order valence-electron chi connectivity index (χ4n) is 1.57. The van der Waals surface area contributed by atoms with Gasteiger partial charge in [0.15, 0.2) is 0 Å². The van der Waals surface area contributed by atoms with Crippen molar-refractivity contribution in [2.75, 3.05) is 0 Å². The van der Waals surface area contributed by atoms with E-state index in [9.17, 15) is 9.18 Å². The van der Waals surface area contributed by atoms with E-state index in [1.165, 1.54) is 18.5 Å². The van der Waals surface area contributed by atoms with Gasteiger partial charge in [-0.25, -0.2) is 4.39 Å². The standard InChI is InChI=1S/C14H12ClFN2O/c1-9-2-3-10(6-13(9)16)7-18-14(19)11-8-17-5-4-12(11)15/h2-6,8H,7H2,1H3,(H,18,19). The van der Waals surface area contributed by atoms with Crippen LogP contribution in [0.15, 0.2) is 36.7 Å². The monoisotopic (exact) mass is 278 g/mol. The van der Waals surface area contributed by atoms with Gasteiger partial charge in [-0.15, -0.1) is 0 Å².